The Morgan fingerprint density at radius 1 is 1.29 bits per heavy atom. The van der Waals surface area contributed by atoms with Crippen molar-refractivity contribution in [3.8, 4) is 0 Å². The molecule has 1 heterocycles. The molecule has 0 bridgehead atoms. The van der Waals surface area contributed by atoms with Crippen molar-refractivity contribution in [2.24, 2.45) is 0 Å². The summed E-state index contributed by atoms with van der Waals surface area (Å²) in [6.07, 6.45) is 5.43. The summed E-state index contributed by atoms with van der Waals surface area (Å²) < 4.78 is 0. The van der Waals surface area contributed by atoms with Gasteiger partial charge in [0.2, 0.25) is 0 Å². The molecule has 1 saturated carbocycles. The molecule has 0 amide bonds. The van der Waals surface area contributed by atoms with E-state index in [9.17, 15) is 0 Å². The average Bonchev–Trinajstić information content (AvgIpc) is 3.09. The van der Waals surface area contributed by atoms with Crippen LogP contribution in [0.5, 0.6) is 0 Å². The third kappa shape index (κ3) is 2.69. The molecule has 1 aromatic rings. The minimum atomic E-state index is 0.791. The Labute approximate surface area is 109 Å². The van der Waals surface area contributed by atoms with Crippen molar-refractivity contribution in [1.82, 2.24) is 4.90 Å². The predicted molar refractivity (Wildman–Crippen MR) is 74.7 cm³/mol. The van der Waals surface area contributed by atoms with Crippen LogP contribution in [0.2, 0.25) is 0 Å². The van der Waals surface area contributed by atoms with Crippen molar-refractivity contribution in [3.05, 3.63) is 29.8 Å². The van der Waals surface area contributed by atoms with Gasteiger partial charge in [-0.05, 0) is 43.9 Å². The third-order valence-electron chi connectivity index (χ3n) is 3.73. The smallest absolute Gasteiger partial charge is 0.0263 e. The van der Waals surface area contributed by atoms with Crippen LogP contribution in [0, 0.1) is 0 Å². The Balaban J connectivity index is 1.60. The first-order valence-corrected chi connectivity index (χ1v) is 7.73. The van der Waals surface area contributed by atoms with E-state index in [-0.39, 0.29) is 0 Å². The number of hydrogen-bond donors (Lipinski definition) is 0. The predicted octanol–water partition coefficient (Wildman–Crippen LogP) is 3.58. The molecule has 0 saturated heterocycles. The van der Waals surface area contributed by atoms with Crippen LogP contribution < -0.4 is 0 Å². The quantitative estimate of drug-likeness (QED) is 0.782. The third-order valence-corrected chi connectivity index (χ3v) is 5.03. The molecule has 0 radical (unpaired) electrons. The number of hydrogen-bond acceptors (Lipinski definition) is 2. The van der Waals surface area contributed by atoms with Gasteiger partial charge in [0.1, 0.15) is 0 Å². The monoisotopic (exact) mass is 247 g/mol. The fraction of sp³-hybridized carbons (Fsp3) is 0.600. The summed E-state index contributed by atoms with van der Waals surface area (Å²) in [5, 5.41) is 0.791. The molecule has 1 fully saturated rings. The van der Waals surface area contributed by atoms with Crippen molar-refractivity contribution in [3.63, 3.8) is 0 Å². The van der Waals surface area contributed by atoms with Gasteiger partial charge in [0.15, 0.2) is 0 Å². The van der Waals surface area contributed by atoms with Gasteiger partial charge in [-0.25, -0.2) is 0 Å². The van der Waals surface area contributed by atoms with Gasteiger partial charge >= 0.3 is 0 Å². The summed E-state index contributed by atoms with van der Waals surface area (Å²) in [5.74, 6) is 0. The molecule has 1 aliphatic heterocycles. The van der Waals surface area contributed by atoms with E-state index >= 15 is 0 Å². The van der Waals surface area contributed by atoms with E-state index in [0.29, 0.717) is 0 Å². The fourth-order valence-corrected chi connectivity index (χ4v) is 4.12. The number of thioether (sulfide) groups is 1. The first-order valence-electron chi connectivity index (χ1n) is 6.85. The Hall–Kier alpha value is -0.470. The van der Waals surface area contributed by atoms with E-state index in [1.165, 1.54) is 43.7 Å². The van der Waals surface area contributed by atoms with E-state index in [1.807, 2.05) is 0 Å². The highest BCUT2D eigenvalue weighted by atomic mass is 32.2. The Bertz CT molecular complexity index is 361. The zero-order chi connectivity index (χ0) is 11.7. The van der Waals surface area contributed by atoms with Gasteiger partial charge < -0.3 is 0 Å². The first kappa shape index (κ1) is 11.6. The van der Waals surface area contributed by atoms with Crippen LogP contribution in [0.3, 0.4) is 0 Å². The second-order valence-electron chi connectivity index (χ2n) is 5.28. The van der Waals surface area contributed by atoms with Crippen molar-refractivity contribution in [2.45, 2.75) is 48.8 Å². The van der Waals surface area contributed by atoms with E-state index < -0.39 is 0 Å². The molecule has 2 heteroatoms. The molecule has 1 nitrogen and oxygen atoms in total. The summed E-state index contributed by atoms with van der Waals surface area (Å²) in [6, 6.07) is 9.83. The molecule has 1 unspecified atom stereocenters. The molecule has 0 N–H and O–H groups in total. The molecule has 3 rings (SSSR count). The molecule has 0 spiro atoms. The van der Waals surface area contributed by atoms with Crippen molar-refractivity contribution in [2.75, 3.05) is 13.1 Å². The van der Waals surface area contributed by atoms with Crippen LogP contribution in [0.4, 0.5) is 0 Å². The molecule has 0 aromatic heterocycles. The summed E-state index contributed by atoms with van der Waals surface area (Å²) in [6.45, 7) is 4.88. The van der Waals surface area contributed by atoms with Crippen LogP contribution in [0.25, 0.3) is 0 Å². The number of benzene rings is 1. The number of nitrogens with zero attached hydrogens (tertiary/aromatic N) is 1. The lowest BCUT2D eigenvalue weighted by atomic mass is 10.1. The first-order chi connectivity index (χ1) is 8.36. The highest BCUT2D eigenvalue weighted by molar-refractivity contribution is 8.00. The minimum absolute atomic E-state index is 0.791. The second kappa shape index (κ2) is 5.03. The van der Waals surface area contributed by atoms with Gasteiger partial charge in [0.25, 0.3) is 0 Å². The van der Waals surface area contributed by atoms with Gasteiger partial charge in [-0.1, -0.05) is 25.1 Å². The Morgan fingerprint density at radius 2 is 2.12 bits per heavy atom. The molecule has 17 heavy (non-hydrogen) atoms. The van der Waals surface area contributed by atoms with Crippen molar-refractivity contribution >= 4 is 11.8 Å². The lowest BCUT2D eigenvalue weighted by Gasteiger charge is -2.24. The molecule has 1 atom stereocenters. The van der Waals surface area contributed by atoms with Gasteiger partial charge in [0, 0.05) is 22.7 Å². The van der Waals surface area contributed by atoms with E-state index in [0.717, 1.165) is 11.3 Å². The van der Waals surface area contributed by atoms with Gasteiger partial charge in [-0.3, -0.25) is 4.90 Å². The molecular formula is C15H21NS. The van der Waals surface area contributed by atoms with Crippen molar-refractivity contribution in [1.29, 1.82) is 0 Å². The summed E-state index contributed by atoms with van der Waals surface area (Å²) >= 11 is 2.09. The van der Waals surface area contributed by atoms with E-state index in [1.54, 1.807) is 5.56 Å². The lowest BCUT2D eigenvalue weighted by molar-refractivity contribution is 0.265. The fourth-order valence-electron chi connectivity index (χ4n) is 2.77. The maximum Gasteiger partial charge on any atom is 0.0263 e. The Kier molecular flexibility index (Phi) is 3.44. The highest BCUT2D eigenvalue weighted by Crippen LogP contribution is 2.38. The summed E-state index contributed by atoms with van der Waals surface area (Å²) in [7, 11) is 0. The maximum absolute atomic E-state index is 2.73. The molecule has 2 aliphatic rings. The molecule has 1 aromatic carbocycles. The molecular weight excluding hydrogens is 226 g/mol. The van der Waals surface area contributed by atoms with E-state index in [4.69, 9.17) is 0 Å². The van der Waals surface area contributed by atoms with Crippen LogP contribution in [-0.2, 0) is 6.42 Å². The number of rotatable bonds is 5. The average molecular weight is 247 g/mol. The largest absolute Gasteiger partial charge is 0.299 e. The van der Waals surface area contributed by atoms with Crippen LogP contribution in [-0.4, -0.2) is 29.3 Å². The molecule has 1 aliphatic carbocycles. The normalized spacial score (nSPS) is 23.1. The maximum atomic E-state index is 2.73. The van der Waals surface area contributed by atoms with E-state index in [2.05, 4.69) is 47.9 Å². The van der Waals surface area contributed by atoms with Gasteiger partial charge in [-0.2, -0.15) is 0 Å². The highest BCUT2D eigenvalue weighted by Gasteiger charge is 2.31. The molecule has 92 valence electrons. The lowest BCUT2D eigenvalue weighted by Crippen LogP contribution is -2.33. The second-order valence-corrected chi connectivity index (χ2v) is 6.62. The van der Waals surface area contributed by atoms with Crippen molar-refractivity contribution < 1.29 is 0 Å². The summed E-state index contributed by atoms with van der Waals surface area (Å²) in [4.78, 5) is 4.24. The van der Waals surface area contributed by atoms with Gasteiger partial charge in [0.05, 0.1) is 0 Å². The Morgan fingerprint density at radius 3 is 2.82 bits per heavy atom. The topological polar surface area (TPSA) is 3.24 Å². The van der Waals surface area contributed by atoms with Crippen LogP contribution in [0.1, 0.15) is 31.7 Å². The number of fused-ring (bicyclic) bond motifs is 1. The zero-order valence-corrected chi connectivity index (χ0v) is 11.4. The standard InChI is InChI=1S/C15H21NS/c1-2-9-16(13-7-8-13)11-14-10-12-5-3-4-6-15(12)17-14/h3-6,13-14H,2,7-11H2,1H3. The van der Waals surface area contributed by atoms with Crippen LogP contribution in [0.15, 0.2) is 29.2 Å². The zero-order valence-electron chi connectivity index (χ0n) is 10.6. The van der Waals surface area contributed by atoms with Crippen LogP contribution >= 0.6 is 11.8 Å². The van der Waals surface area contributed by atoms with Gasteiger partial charge in [-0.15, -0.1) is 11.8 Å². The summed E-state index contributed by atoms with van der Waals surface area (Å²) in [5.41, 5.74) is 1.56. The minimum Gasteiger partial charge on any atom is -0.299 e. The SMILES string of the molecule is CCCN(CC1Cc2ccccc2S1)C1CC1.